The maximum atomic E-state index is 5.27. The van der Waals surface area contributed by atoms with Gasteiger partial charge in [0.15, 0.2) is 0 Å². The topological polar surface area (TPSA) is 12.4 Å². The third-order valence-electron chi connectivity index (χ3n) is 9.70. The zero-order valence-corrected chi connectivity index (χ0v) is 27.4. The summed E-state index contributed by atoms with van der Waals surface area (Å²) < 4.78 is 0. The molecule has 224 valence electrons. The molecule has 0 amide bonds. The molecule has 0 fully saturated rings. The molecule has 0 radical (unpaired) electrons. The van der Waals surface area contributed by atoms with Gasteiger partial charge >= 0.3 is 0 Å². The van der Waals surface area contributed by atoms with Crippen molar-refractivity contribution in [3.8, 4) is 11.1 Å². The van der Waals surface area contributed by atoms with Crippen LogP contribution < -0.4 is 0 Å². The van der Waals surface area contributed by atoms with E-state index >= 15 is 0 Å². The molecule has 0 aromatic heterocycles. The third kappa shape index (κ3) is 7.45. The second kappa shape index (κ2) is 14.6. The van der Waals surface area contributed by atoms with Crippen LogP contribution in [0.15, 0.2) is 120 Å². The molecular formula is C42H51N. The second-order valence-electron chi connectivity index (χ2n) is 12.7. The van der Waals surface area contributed by atoms with Gasteiger partial charge in [-0.15, -0.1) is 0 Å². The van der Waals surface area contributed by atoms with Crippen molar-refractivity contribution in [3.05, 3.63) is 132 Å². The fourth-order valence-electron chi connectivity index (χ4n) is 7.09. The van der Waals surface area contributed by atoms with Crippen molar-refractivity contribution < 1.29 is 0 Å². The van der Waals surface area contributed by atoms with E-state index in [-0.39, 0.29) is 5.54 Å². The average Bonchev–Trinajstić information content (AvgIpc) is 3.32. The van der Waals surface area contributed by atoms with Crippen LogP contribution in [0.25, 0.3) is 22.3 Å². The lowest BCUT2D eigenvalue weighted by Gasteiger charge is -2.38. The highest BCUT2D eigenvalue weighted by Gasteiger charge is 2.42. The van der Waals surface area contributed by atoms with E-state index in [4.69, 9.17) is 4.99 Å². The molecule has 3 atom stereocenters. The Kier molecular flexibility index (Phi) is 11.0. The Morgan fingerprint density at radius 2 is 1.51 bits per heavy atom. The molecular weight excluding hydrogens is 518 g/mol. The Bertz CT molecular complexity index is 1500. The van der Waals surface area contributed by atoms with Gasteiger partial charge in [-0.05, 0) is 114 Å². The van der Waals surface area contributed by atoms with Gasteiger partial charge in [-0.3, -0.25) is 4.99 Å². The van der Waals surface area contributed by atoms with Crippen molar-refractivity contribution in [3.63, 3.8) is 0 Å². The highest BCUT2D eigenvalue weighted by atomic mass is 14.9. The molecule has 1 nitrogen and oxygen atoms in total. The van der Waals surface area contributed by atoms with E-state index < -0.39 is 0 Å². The molecule has 43 heavy (non-hydrogen) atoms. The standard InChI is InChI=1S/C42H51N/c1-9-16-37(19-15-18-30(2)38-23-25-40(26-24-38)39-20-11-10-12-21-39)28-35(7)42(36(8)33(5)29-43-42)34(6)27-32(4)41-22-14-13-17-31(41)3/h10-14,17,20-27,29,35,37H,2,4,9,15-16,18-19,28H2,1,3,5-8H3/b34-27-. The Labute approximate surface area is 261 Å². The van der Waals surface area contributed by atoms with Crippen molar-refractivity contribution in [2.24, 2.45) is 16.8 Å². The van der Waals surface area contributed by atoms with E-state index in [9.17, 15) is 0 Å². The molecule has 1 heteroatoms. The van der Waals surface area contributed by atoms with E-state index in [2.05, 4.69) is 146 Å². The zero-order chi connectivity index (χ0) is 31.0. The van der Waals surface area contributed by atoms with Gasteiger partial charge in [-0.2, -0.15) is 0 Å². The minimum atomic E-state index is -0.300. The lowest BCUT2D eigenvalue weighted by atomic mass is 9.70. The van der Waals surface area contributed by atoms with E-state index in [1.165, 1.54) is 75.8 Å². The fourth-order valence-corrected chi connectivity index (χ4v) is 7.09. The highest BCUT2D eigenvalue weighted by Crippen LogP contribution is 2.46. The van der Waals surface area contributed by atoms with Gasteiger partial charge in [-0.1, -0.05) is 131 Å². The quantitative estimate of drug-likeness (QED) is 0.171. The van der Waals surface area contributed by atoms with Crippen LogP contribution in [0.4, 0.5) is 0 Å². The Hall–Kier alpha value is -3.71. The average molecular weight is 570 g/mol. The normalized spacial score (nSPS) is 18.1. The van der Waals surface area contributed by atoms with E-state index in [1.807, 2.05) is 0 Å². The molecule has 1 heterocycles. The summed E-state index contributed by atoms with van der Waals surface area (Å²) in [6.07, 6.45) is 11.4. The summed E-state index contributed by atoms with van der Waals surface area (Å²) in [5, 5.41) is 0. The van der Waals surface area contributed by atoms with Crippen LogP contribution in [-0.4, -0.2) is 11.8 Å². The number of aryl methyl sites for hydroxylation is 1. The SMILES string of the molecule is C=C(CCCC(CCC)CC(C)C1(/C(C)=C\C(=C)c2ccccc2C)N=CC(C)=C1C)c1ccc(-c2ccccc2)cc1. The van der Waals surface area contributed by atoms with Crippen molar-refractivity contribution in [2.45, 2.75) is 85.6 Å². The Morgan fingerprint density at radius 1 is 0.860 bits per heavy atom. The zero-order valence-electron chi connectivity index (χ0n) is 27.4. The predicted molar refractivity (Wildman–Crippen MR) is 191 cm³/mol. The van der Waals surface area contributed by atoms with Gasteiger partial charge < -0.3 is 0 Å². The summed E-state index contributed by atoms with van der Waals surface area (Å²) in [5.74, 6) is 1.06. The molecule has 1 aliphatic rings. The molecule has 0 spiro atoms. The number of nitrogens with zero attached hydrogens (tertiary/aromatic N) is 1. The first-order valence-electron chi connectivity index (χ1n) is 16.2. The summed E-state index contributed by atoms with van der Waals surface area (Å²) in [5.41, 5.74) is 12.2. The minimum absolute atomic E-state index is 0.300. The highest BCUT2D eigenvalue weighted by molar-refractivity contribution is 5.85. The lowest BCUT2D eigenvalue weighted by molar-refractivity contribution is 0.284. The summed E-state index contributed by atoms with van der Waals surface area (Å²) in [6.45, 7) is 22.6. The van der Waals surface area contributed by atoms with Gasteiger partial charge in [0, 0.05) is 6.21 Å². The molecule has 3 aromatic carbocycles. The van der Waals surface area contributed by atoms with Crippen LogP contribution in [0.3, 0.4) is 0 Å². The minimum Gasteiger partial charge on any atom is -0.277 e. The first-order valence-corrected chi connectivity index (χ1v) is 16.2. The van der Waals surface area contributed by atoms with Gasteiger partial charge in [0.05, 0.1) is 0 Å². The fraction of sp³-hybridized carbons (Fsp3) is 0.357. The number of allylic oxidation sites excluding steroid dienone is 4. The van der Waals surface area contributed by atoms with Crippen LogP contribution in [0.5, 0.6) is 0 Å². The first kappa shape index (κ1) is 32.2. The molecule has 0 saturated carbocycles. The molecule has 3 unspecified atom stereocenters. The molecule has 1 aliphatic heterocycles. The largest absolute Gasteiger partial charge is 0.277 e. The number of benzene rings is 3. The molecule has 0 aliphatic carbocycles. The summed E-state index contributed by atoms with van der Waals surface area (Å²) >= 11 is 0. The molecule has 0 N–H and O–H groups in total. The number of hydrogen-bond donors (Lipinski definition) is 0. The summed E-state index contributed by atoms with van der Waals surface area (Å²) in [4.78, 5) is 5.27. The van der Waals surface area contributed by atoms with Gasteiger partial charge in [0.25, 0.3) is 0 Å². The summed E-state index contributed by atoms with van der Waals surface area (Å²) in [7, 11) is 0. The molecule has 4 rings (SSSR count). The number of hydrogen-bond acceptors (Lipinski definition) is 1. The molecule has 0 bridgehead atoms. The first-order chi connectivity index (χ1) is 20.7. The summed E-state index contributed by atoms with van der Waals surface area (Å²) in [6, 6.07) is 28.0. The monoisotopic (exact) mass is 569 g/mol. The van der Waals surface area contributed by atoms with Crippen molar-refractivity contribution in [1.29, 1.82) is 0 Å². The van der Waals surface area contributed by atoms with Crippen molar-refractivity contribution in [2.75, 3.05) is 0 Å². The van der Waals surface area contributed by atoms with Gasteiger partial charge in [0.2, 0.25) is 0 Å². The Balaban J connectivity index is 1.43. The predicted octanol–water partition coefficient (Wildman–Crippen LogP) is 12.1. The second-order valence-corrected chi connectivity index (χ2v) is 12.7. The van der Waals surface area contributed by atoms with Crippen molar-refractivity contribution in [1.82, 2.24) is 0 Å². The van der Waals surface area contributed by atoms with Crippen LogP contribution in [0.1, 0.15) is 89.8 Å². The van der Waals surface area contributed by atoms with Crippen LogP contribution in [0.2, 0.25) is 0 Å². The number of aliphatic imine (C=N–C) groups is 1. The molecule has 0 saturated heterocycles. The maximum absolute atomic E-state index is 5.27. The van der Waals surface area contributed by atoms with Crippen molar-refractivity contribution >= 4 is 17.4 Å². The van der Waals surface area contributed by atoms with Crippen LogP contribution in [0, 0.1) is 18.8 Å². The third-order valence-corrected chi connectivity index (χ3v) is 9.70. The number of rotatable bonds is 14. The Morgan fingerprint density at radius 3 is 2.14 bits per heavy atom. The van der Waals surface area contributed by atoms with Gasteiger partial charge in [0.1, 0.15) is 5.54 Å². The molecule has 3 aromatic rings. The van der Waals surface area contributed by atoms with Crippen LogP contribution >= 0.6 is 0 Å². The lowest BCUT2D eigenvalue weighted by Crippen LogP contribution is -2.37. The van der Waals surface area contributed by atoms with Gasteiger partial charge in [-0.25, -0.2) is 0 Å². The van der Waals surface area contributed by atoms with E-state index in [0.717, 1.165) is 18.4 Å². The van der Waals surface area contributed by atoms with Crippen LogP contribution in [-0.2, 0) is 0 Å². The van der Waals surface area contributed by atoms with E-state index in [1.54, 1.807) is 0 Å². The van der Waals surface area contributed by atoms with E-state index in [0.29, 0.717) is 11.8 Å². The maximum Gasteiger partial charge on any atom is 0.106 e. The smallest absolute Gasteiger partial charge is 0.106 e.